The van der Waals surface area contributed by atoms with Crippen molar-refractivity contribution < 1.29 is 4.42 Å². The van der Waals surface area contributed by atoms with E-state index < -0.39 is 0 Å². The van der Waals surface area contributed by atoms with Gasteiger partial charge >= 0.3 is 0 Å². The number of nitrogens with zero attached hydrogens (tertiary/aromatic N) is 1. The van der Waals surface area contributed by atoms with Crippen LogP contribution in [-0.2, 0) is 0 Å². The average molecular weight is 740 g/mol. The summed E-state index contributed by atoms with van der Waals surface area (Å²) in [7, 11) is 0. The predicted molar refractivity (Wildman–Crippen MR) is 245 cm³/mol. The molecular formula is C56H37NO. The molecule has 0 radical (unpaired) electrons. The first-order chi connectivity index (χ1) is 28.8. The minimum absolute atomic E-state index is 0.848. The summed E-state index contributed by atoms with van der Waals surface area (Å²) in [6.07, 6.45) is 0. The van der Waals surface area contributed by atoms with Gasteiger partial charge in [-0.3, -0.25) is 0 Å². The van der Waals surface area contributed by atoms with E-state index in [4.69, 9.17) is 4.42 Å². The van der Waals surface area contributed by atoms with E-state index in [1.807, 2.05) is 0 Å². The fourth-order valence-corrected chi connectivity index (χ4v) is 8.70. The topological polar surface area (TPSA) is 16.4 Å². The summed E-state index contributed by atoms with van der Waals surface area (Å²) in [5, 5.41) is 7.11. The minimum Gasteiger partial charge on any atom is -0.456 e. The summed E-state index contributed by atoms with van der Waals surface area (Å²) in [4.78, 5) is 2.41. The number of anilines is 3. The molecule has 0 aliphatic rings. The molecule has 0 N–H and O–H groups in total. The second-order valence-corrected chi connectivity index (χ2v) is 14.9. The van der Waals surface area contributed by atoms with E-state index in [0.717, 1.165) is 50.1 Å². The summed E-state index contributed by atoms with van der Waals surface area (Å²) in [6, 6.07) is 80.7. The Morgan fingerprint density at radius 1 is 0.293 bits per heavy atom. The Bertz CT molecular complexity index is 3260. The molecule has 0 fully saturated rings. The molecule has 1 heterocycles. The number of hydrogen-bond acceptors (Lipinski definition) is 2. The Balaban J connectivity index is 1.18. The van der Waals surface area contributed by atoms with Crippen LogP contribution in [0.15, 0.2) is 229 Å². The highest BCUT2D eigenvalue weighted by molar-refractivity contribution is 6.17. The van der Waals surface area contributed by atoms with Crippen LogP contribution in [0.4, 0.5) is 17.1 Å². The van der Waals surface area contributed by atoms with Gasteiger partial charge in [-0.1, -0.05) is 170 Å². The van der Waals surface area contributed by atoms with Gasteiger partial charge in [0.1, 0.15) is 11.2 Å². The summed E-state index contributed by atoms with van der Waals surface area (Å²) in [6.45, 7) is 0. The van der Waals surface area contributed by atoms with E-state index in [-0.39, 0.29) is 0 Å². The van der Waals surface area contributed by atoms with Crippen LogP contribution >= 0.6 is 0 Å². The van der Waals surface area contributed by atoms with Crippen LogP contribution in [0.2, 0.25) is 0 Å². The highest BCUT2D eigenvalue weighted by Crippen LogP contribution is 2.49. The van der Waals surface area contributed by atoms with Gasteiger partial charge in [0.2, 0.25) is 0 Å². The molecule has 0 saturated carbocycles. The van der Waals surface area contributed by atoms with Gasteiger partial charge in [0.15, 0.2) is 0 Å². The zero-order valence-electron chi connectivity index (χ0n) is 31.7. The second-order valence-electron chi connectivity index (χ2n) is 14.9. The van der Waals surface area contributed by atoms with E-state index >= 15 is 0 Å². The van der Waals surface area contributed by atoms with Crippen LogP contribution in [0, 0.1) is 0 Å². The molecule has 58 heavy (non-hydrogen) atoms. The molecule has 2 heteroatoms. The Morgan fingerprint density at radius 2 is 0.828 bits per heavy atom. The molecule has 0 unspecified atom stereocenters. The first-order valence-electron chi connectivity index (χ1n) is 19.8. The SMILES string of the molecule is c1ccc(-c2ccc(N(c3ccc4c(c3)oc3cc(-c5ccccc5)ccc34)c3cccc(-c4ccccc4)c3-c3cc4ccccc4c4ccccc34)cc2)cc1. The van der Waals surface area contributed by atoms with Crippen molar-refractivity contribution in [1.29, 1.82) is 0 Å². The molecule has 0 atom stereocenters. The zero-order valence-corrected chi connectivity index (χ0v) is 31.7. The quantitative estimate of drug-likeness (QED) is 0.151. The van der Waals surface area contributed by atoms with E-state index in [1.165, 1.54) is 54.9 Å². The third-order valence-corrected chi connectivity index (χ3v) is 11.5. The molecule has 11 rings (SSSR count). The van der Waals surface area contributed by atoms with Gasteiger partial charge in [0.05, 0.1) is 5.69 Å². The van der Waals surface area contributed by atoms with Crippen molar-refractivity contribution in [2.24, 2.45) is 0 Å². The normalized spacial score (nSPS) is 11.4. The third kappa shape index (κ3) is 5.82. The van der Waals surface area contributed by atoms with Crippen LogP contribution in [0.3, 0.4) is 0 Å². The Labute approximate surface area is 337 Å². The molecule has 10 aromatic carbocycles. The van der Waals surface area contributed by atoms with Crippen molar-refractivity contribution in [3.8, 4) is 44.5 Å². The number of fused-ring (bicyclic) bond motifs is 6. The predicted octanol–water partition coefficient (Wildman–Crippen LogP) is 16.0. The first-order valence-corrected chi connectivity index (χ1v) is 19.8. The molecule has 2 nitrogen and oxygen atoms in total. The van der Waals surface area contributed by atoms with E-state index in [0.29, 0.717) is 0 Å². The highest BCUT2D eigenvalue weighted by atomic mass is 16.3. The van der Waals surface area contributed by atoms with E-state index in [2.05, 4.69) is 229 Å². The van der Waals surface area contributed by atoms with E-state index in [1.54, 1.807) is 0 Å². The minimum atomic E-state index is 0.848. The second kappa shape index (κ2) is 14.1. The van der Waals surface area contributed by atoms with Crippen LogP contribution in [0.1, 0.15) is 0 Å². The molecule has 0 aliphatic carbocycles. The highest BCUT2D eigenvalue weighted by Gasteiger charge is 2.24. The molecule has 1 aromatic heterocycles. The molecule has 272 valence electrons. The van der Waals surface area contributed by atoms with Crippen molar-refractivity contribution >= 4 is 60.5 Å². The monoisotopic (exact) mass is 739 g/mol. The van der Waals surface area contributed by atoms with Gasteiger partial charge in [0, 0.05) is 33.8 Å². The zero-order chi connectivity index (χ0) is 38.4. The Hall–Kier alpha value is -7.68. The third-order valence-electron chi connectivity index (χ3n) is 11.5. The Morgan fingerprint density at radius 3 is 1.55 bits per heavy atom. The summed E-state index contributed by atoms with van der Waals surface area (Å²) >= 11 is 0. The standard InChI is InChI=1S/C56H37NO/c1-4-15-38(16-5-1)40-27-30-44(31-28-40)57(45-32-34-51-50-33-29-42(39-17-6-2-7-18-39)36-54(50)58-55(51)37-45)53-26-14-25-47(41-19-8-3-9-20-41)56(53)52-35-43-21-10-11-22-46(43)48-23-12-13-24-49(48)52/h1-37H. The van der Waals surface area contributed by atoms with Crippen LogP contribution in [0.5, 0.6) is 0 Å². The Kier molecular flexibility index (Phi) is 8.19. The molecule has 0 saturated heterocycles. The van der Waals surface area contributed by atoms with Gasteiger partial charge in [0.25, 0.3) is 0 Å². The van der Waals surface area contributed by atoms with Crippen molar-refractivity contribution in [3.63, 3.8) is 0 Å². The fourth-order valence-electron chi connectivity index (χ4n) is 8.70. The number of benzene rings is 10. The van der Waals surface area contributed by atoms with Gasteiger partial charge < -0.3 is 9.32 Å². The summed E-state index contributed by atoms with van der Waals surface area (Å²) < 4.78 is 6.74. The van der Waals surface area contributed by atoms with Crippen molar-refractivity contribution in [2.45, 2.75) is 0 Å². The molecule has 11 aromatic rings. The van der Waals surface area contributed by atoms with Crippen LogP contribution < -0.4 is 4.90 Å². The number of furan rings is 1. The fraction of sp³-hybridized carbons (Fsp3) is 0. The lowest BCUT2D eigenvalue weighted by Crippen LogP contribution is -2.12. The van der Waals surface area contributed by atoms with Crippen LogP contribution in [-0.4, -0.2) is 0 Å². The molecular weight excluding hydrogens is 703 g/mol. The molecule has 0 amide bonds. The largest absolute Gasteiger partial charge is 0.456 e. The lowest BCUT2D eigenvalue weighted by atomic mass is 9.87. The average Bonchev–Trinajstić information content (AvgIpc) is 3.67. The maximum Gasteiger partial charge on any atom is 0.137 e. The smallest absolute Gasteiger partial charge is 0.137 e. The van der Waals surface area contributed by atoms with Gasteiger partial charge in [-0.05, 0) is 109 Å². The summed E-state index contributed by atoms with van der Waals surface area (Å²) in [5.74, 6) is 0. The maximum atomic E-state index is 6.74. The summed E-state index contributed by atoms with van der Waals surface area (Å²) in [5.41, 5.74) is 14.2. The van der Waals surface area contributed by atoms with Crippen molar-refractivity contribution in [3.05, 3.63) is 224 Å². The van der Waals surface area contributed by atoms with E-state index in [9.17, 15) is 0 Å². The van der Waals surface area contributed by atoms with Crippen molar-refractivity contribution in [2.75, 3.05) is 4.90 Å². The lowest BCUT2D eigenvalue weighted by Gasteiger charge is -2.30. The van der Waals surface area contributed by atoms with Gasteiger partial charge in [-0.2, -0.15) is 0 Å². The lowest BCUT2D eigenvalue weighted by molar-refractivity contribution is 0.669. The van der Waals surface area contributed by atoms with Crippen molar-refractivity contribution in [1.82, 2.24) is 0 Å². The first kappa shape index (κ1) is 33.6. The molecule has 0 bridgehead atoms. The maximum absolute atomic E-state index is 6.74. The molecule has 0 spiro atoms. The number of rotatable bonds is 7. The molecule has 0 aliphatic heterocycles. The number of hydrogen-bond donors (Lipinski definition) is 0. The van der Waals surface area contributed by atoms with Gasteiger partial charge in [-0.25, -0.2) is 0 Å². The van der Waals surface area contributed by atoms with Gasteiger partial charge in [-0.15, -0.1) is 0 Å². The van der Waals surface area contributed by atoms with Crippen LogP contribution in [0.25, 0.3) is 88.0 Å².